The zero-order valence-electron chi connectivity index (χ0n) is 9.35. The van der Waals surface area contributed by atoms with Gasteiger partial charge in [-0.1, -0.05) is 6.92 Å². The Bertz CT molecular complexity index is 369. The molecule has 1 aliphatic carbocycles. The van der Waals surface area contributed by atoms with Gasteiger partial charge in [0.2, 0.25) is 0 Å². The molecule has 0 aromatic heterocycles. The van der Waals surface area contributed by atoms with Gasteiger partial charge in [-0.15, -0.1) is 0 Å². The summed E-state index contributed by atoms with van der Waals surface area (Å²) in [6.45, 7) is 2.98. The number of carboxylic acid groups (broad SMARTS) is 1. The highest BCUT2D eigenvalue weighted by atomic mass is 16.5. The molecule has 1 saturated carbocycles. The summed E-state index contributed by atoms with van der Waals surface area (Å²) in [6.07, 6.45) is 2.54. The van der Waals surface area contributed by atoms with Crippen molar-refractivity contribution in [3.05, 3.63) is 29.8 Å². The number of carboxylic acids is 1. The van der Waals surface area contributed by atoms with Gasteiger partial charge in [-0.25, -0.2) is 4.79 Å². The average molecular weight is 220 g/mol. The molecule has 0 amide bonds. The summed E-state index contributed by atoms with van der Waals surface area (Å²) >= 11 is 0. The molecule has 0 saturated heterocycles. The fourth-order valence-corrected chi connectivity index (χ4v) is 1.88. The summed E-state index contributed by atoms with van der Waals surface area (Å²) in [7, 11) is 0. The zero-order chi connectivity index (χ0) is 11.5. The monoisotopic (exact) mass is 220 g/mol. The smallest absolute Gasteiger partial charge is 0.335 e. The van der Waals surface area contributed by atoms with E-state index in [1.54, 1.807) is 24.3 Å². The van der Waals surface area contributed by atoms with Crippen molar-refractivity contribution < 1.29 is 14.6 Å². The minimum absolute atomic E-state index is 0.296. The normalized spacial score (nSPS) is 23.6. The summed E-state index contributed by atoms with van der Waals surface area (Å²) < 4.78 is 5.62. The van der Waals surface area contributed by atoms with E-state index in [2.05, 4.69) is 6.92 Å². The molecule has 1 N–H and O–H groups in total. The van der Waals surface area contributed by atoms with E-state index in [0.29, 0.717) is 11.5 Å². The number of aromatic carboxylic acids is 1. The lowest BCUT2D eigenvalue weighted by atomic mass is 9.75. The van der Waals surface area contributed by atoms with Crippen LogP contribution in [0, 0.1) is 11.8 Å². The summed E-state index contributed by atoms with van der Waals surface area (Å²) in [4.78, 5) is 10.6. The quantitative estimate of drug-likeness (QED) is 0.848. The van der Waals surface area contributed by atoms with Gasteiger partial charge < -0.3 is 9.84 Å². The van der Waals surface area contributed by atoms with E-state index < -0.39 is 5.97 Å². The highest BCUT2D eigenvalue weighted by molar-refractivity contribution is 5.87. The molecule has 3 nitrogen and oxygen atoms in total. The molecule has 0 spiro atoms. The van der Waals surface area contributed by atoms with Crippen molar-refractivity contribution in [1.29, 1.82) is 0 Å². The van der Waals surface area contributed by atoms with Crippen LogP contribution in [0.5, 0.6) is 5.75 Å². The number of rotatable bonds is 4. The largest absolute Gasteiger partial charge is 0.493 e. The molecule has 1 fully saturated rings. The van der Waals surface area contributed by atoms with E-state index in [0.717, 1.165) is 18.3 Å². The van der Waals surface area contributed by atoms with Gasteiger partial charge in [-0.05, 0) is 48.9 Å². The molecular weight excluding hydrogens is 204 g/mol. The topological polar surface area (TPSA) is 46.5 Å². The van der Waals surface area contributed by atoms with Crippen LogP contribution in [0.3, 0.4) is 0 Å². The van der Waals surface area contributed by atoms with E-state index in [1.165, 1.54) is 12.8 Å². The first kappa shape index (κ1) is 11.0. The highest BCUT2D eigenvalue weighted by Gasteiger charge is 2.26. The van der Waals surface area contributed by atoms with Crippen LogP contribution in [0.4, 0.5) is 0 Å². The van der Waals surface area contributed by atoms with Gasteiger partial charge in [0, 0.05) is 0 Å². The molecule has 1 aromatic rings. The zero-order valence-corrected chi connectivity index (χ0v) is 9.35. The summed E-state index contributed by atoms with van der Waals surface area (Å²) in [5, 5.41) is 8.73. The number of carbonyl (C=O) groups is 1. The third-order valence-electron chi connectivity index (χ3n) is 3.36. The van der Waals surface area contributed by atoms with Crippen molar-refractivity contribution >= 4 is 5.97 Å². The molecule has 3 heteroatoms. The van der Waals surface area contributed by atoms with Crippen LogP contribution in [-0.4, -0.2) is 17.7 Å². The highest BCUT2D eigenvalue weighted by Crippen LogP contribution is 2.33. The first-order valence-electron chi connectivity index (χ1n) is 5.63. The molecule has 0 bridgehead atoms. The van der Waals surface area contributed by atoms with Crippen molar-refractivity contribution in [1.82, 2.24) is 0 Å². The van der Waals surface area contributed by atoms with Crippen LogP contribution in [0.2, 0.25) is 0 Å². The van der Waals surface area contributed by atoms with Gasteiger partial charge in [-0.3, -0.25) is 0 Å². The van der Waals surface area contributed by atoms with Crippen LogP contribution in [0.1, 0.15) is 30.1 Å². The molecule has 1 aliphatic rings. The minimum Gasteiger partial charge on any atom is -0.493 e. The summed E-state index contributed by atoms with van der Waals surface area (Å²) in [6, 6.07) is 6.57. The van der Waals surface area contributed by atoms with Crippen molar-refractivity contribution in [2.75, 3.05) is 6.61 Å². The lowest BCUT2D eigenvalue weighted by Gasteiger charge is -2.33. The van der Waals surface area contributed by atoms with Crippen molar-refractivity contribution in [3.8, 4) is 5.75 Å². The number of hydrogen-bond donors (Lipinski definition) is 1. The van der Waals surface area contributed by atoms with E-state index in [-0.39, 0.29) is 0 Å². The van der Waals surface area contributed by atoms with E-state index in [1.807, 2.05) is 0 Å². The predicted octanol–water partition coefficient (Wildman–Crippen LogP) is 2.81. The van der Waals surface area contributed by atoms with Crippen LogP contribution in [-0.2, 0) is 0 Å². The fraction of sp³-hybridized carbons (Fsp3) is 0.462. The Kier molecular flexibility index (Phi) is 3.13. The second-order valence-corrected chi connectivity index (χ2v) is 4.46. The maximum absolute atomic E-state index is 10.6. The maximum Gasteiger partial charge on any atom is 0.335 e. The van der Waals surface area contributed by atoms with Crippen molar-refractivity contribution in [3.63, 3.8) is 0 Å². The van der Waals surface area contributed by atoms with Crippen LogP contribution >= 0.6 is 0 Å². The Morgan fingerprint density at radius 3 is 2.50 bits per heavy atom. The molecular formula is C13H16O3. The second kappa shape index (κ2) is 4.56. The molecule has 0 radical (unpaired) electrons. The van der Waals surface area contributed by atoms with E-state index in [4.69, 9.17) is 9.84 Å². The van der Waals surface area contributed by atoms with Gasteiger partial charge in [0.1, 0.15) is 5.75 Å². The SMILES string of the molecule is C[C@@H]1CC[C@@H]1COc1ccc(C(=O)O)cc1. The molecule has 0 aliphatic heterocycles. The van der Waals surface area contributed by atoms with Gasteiger partial charge in [0.25, 0.3) is 0 Å². The maximum atomic E-state index is 10.6. The number of ether oxygens (including phenoxy) is 1. The Balaban J connectivity index is 1.87. The van der Waals surface area contributed by atoms with Gasteiger partial charge in [0.05, 0.1) is 12.2 Å². The molecule has 2 rings (SSSR count). The summed E-state index contributed by atoms with van der Waals surface area (Å²) in [5.74, 6) is 1.28. The average Bonchev–Trinajstić information content (AvgIpc) is 2.28. The fourth-order valence-electron chi connectivity index (χ4n) is 1.88. The Morgan fingerprint density at radius 2 is 2.06 bits per heavy atom. The van der Waals surface area contributed by atoms with Gasteiger partial charge in [0.15, 0.2) is 0 Å². The predicted molar refractivity (Wildman–Crippen MR) is 60.8 cm³/mol. The Hall–Kier alpha value is -1.51. The third-order valence-corrected chi connectivity index (χ3v) is 3.36. The van der Waals surface area contributed by atoms with E-state index >= 15 is 0 Å². The van der Waals surface area contributed by atoms with Gasteiger partial charge >= 0.3 is 5.97 Å². The molecule has 2 atom stereocenters. The molecule has 0 unspecified atom stereocenters. The Morgan fingerprint density at radius 1 is 1.38 bits per heavy atom. The number of benzene rings is 1. The lowest BCUT2D eigenvalue weighted by Crippen LogP contribution is -2.28. The number of hydrogen-bond acceptors (Lipinski definition) is 2. The van der Waals surface area contributed by atoms with Crippen LogP contribution < -0.4 is 4.74 Å². The van der Waals surface area contributed by atoms with Gasteiger partial charge in [-0.2, -0.15) is 0 Å². The summed E-state index contributed by atoms with van der Waals surface area (Å²) in [5.41, 5.74) is 0.296. The van der Waals surface area contributed by atoms with Crippen molar-refractivity contribution in [2.45, 2.75) is 19.8 Å². The molecule has 0 heterocycles. The molecule has 86 valence electrons. The standard InChI is InChI=1S/C13H16O3/c1-9-2-3-11(9)8-16-12-6-4-10(5-7-12)13(14)15/h4-7,9,11H,2-3,8H2,1H3,(H,14,15)/t9-,11-/m1/s1. The minimum atomic E-state index is -0.904. The second-order valence-electron chi connectivity index (χ2n) is 4.46. The first-order valence-corrected chi connectivity index (χ1v) is 5.63. The molecule has 16 heavy (non-hydrogen) atoms. The van der Waals surface area contributed by atoms with Crippen LogP contribution in [0.25, 0.3) is 0 Å². The Labute approximate surface area is 95.0 Å². The van der Waals surface area contributed by atoms with Crippen molar-refractivity contribution in [2.24, 2.45) is 11.8 Å². The van der Waals surface area contributed by atoms with Crippen LogP contribution in [0.15, 0.2) is 24.3 Å². The lowest BCUT2D eigenvalue weighted by molar-refractivity contribution is 0.0697. The third kappa shape index (κ3) is 2.35. The first-order chi connectivity index (χ1) is 7.66. The van der Waals surface area contributed by atoms with E-state index in [9.17, 15) is 4.79 Å². The molecule has 1 aromatic carbocycles.